The number of hydrogen-bond acceptors (Lipinski definition) is 5. The third-order valence-corrected chi connectivity index (χ3v) is 11.7. The van der Waals surface area contributed by atoms with Crippen LogP contribution in [0, 0.1) is 0 Å². The van der Waals surface area contributed by atoms with Crippen molar-refractivity contribution < 1.29 is 0 Å². The van der Waals surface area contributed by atoms with Gasteiger partial charge < -0.3 is 0 Å². The van der Waals surface area contributed by atoms with Crippen LogP contribution in [-0.2, 0) is 0 Å². The van der Waals surface area contributed by atoms with E-state index in [-0.39, 0.29) is 0 Å². The van der Waals surface area contributed by atoms with Crippen LogP contribution in [0.25, 0.3) is 96.4 Å². The molecule has 0 amide bonds. The summed E-state index contributed by atoms with van der Waals surface area (Å²) in [5.41, 5.74) is 4.98. The van der Waals surface area contributed by atoms with Gasteiger partial charge >= 0.3 is 0 Å². The largest absolute Gasteiger partial charge is 0.208 e. The SMILES string of the molecule is Clc1cc(-c2nc(-c3cccc(-c4ccccc4)c3)nc(-c3ccc4c(c3)sc3ccccc34)n2)cc2sc3cc4ccccc4cc3c12. The average molecular weight is 682 g/mol. The van der Waals surface area contributed by atoms with E-state index in [1.165, 1.54) is 41.0 Å². The molecule has 0 aliphatic rings. The van der Waals surface area contributed by atoms with E-state index in [1.54, 1.807) is 22.7 Å². The minimum absolute atomic E-state index is 0.591. The zero-order valence-corrected chi connectivity index (χ0v) is 28.3. The average Bonchev–Trinajstić information content (AvgIpc) is 3.71. The van der Waals surface area contributed by atoms with Gasteiger partial charge in [0.15, 0.2) is 17.5 Å². The lowest BCUT2D eigenvalue weighted by Gasteiger charge is -2.10. The second-order valence-corrected chi connectivity index (χ2v) is 14.8. The molecule has 0 N–H and O–H groups in total. The second-order valence-electron chi connectivity index (χ2n) is 12.2. The standard InChI is InChI=1S/C43H24ClN3S2/c44-35-21-31(24-39-40(35)34-20-27-11-4-5-12-28(27)22-38(34)49-39)43-46-41(29-14-8-13-26(19-29)25-9-2-1-3-10-25)45-42(47-43)30-17-18-33-32-15-6-7-16-36(32)48-37(33)23-30/h1-24H. The fraction of sp³-hybridized carbons (Fsp3) is 0. The number of rotatable bonds is 4. The molecule has 0 aliphatic heterocycles. The van der Waals surface area contributed by atoms with Gasteiger partial charge in [-0.25, -0.2) is 15.0 Å². The Balaban J connectivity index is 1.17. The number of fused-ring (bicyclic) bond motifs is 7. The molecule has 0 unspecified atom stereocenters. The summed E-state index contributed by atoms with van der Waals surface area (Å²) in [5.74, 6) is 1.84. The first-order valence-electron chi connectivity index (χ1n) is 16.0. The van der Waals surface area contributed by atoms with Gasteiger partial charge in [0, 0.05) is 57.0 Å². The van der Waals surface area contributed by atoms with Gasteiger partial charge in [0.25, 0.3) is 0 Å². The Morgan fingerprint density at radius 2 is 0.959 bits per heavy atom. The molecule has 0 radical (unpaired) electrons. The van der Waals surface area contributed by atoms with Gasteiger partial charge in [-0.1, -0.05) is 115 Å². The monoisotopic (exact) mass is 681 g/mol. The first-order chi connectivity index (χ1) is 24.1. The zero-order valence-electron chi connectivity index (χ0n) is 25.9. The van der Waals surface area contributed by atoms with Gasteiger partial charge in [0.1, 0.15) is 0 Å². The third kappa shape index (κ3) is 4.89. The molecular formula is C43H24ClN3S2. The molecule has 7 aromatic carbocycles. The van der Waals surface area contributed by atoms with Crippen LogP contribution in [0.3, 0.4) is 0 Å². The van der Waals surface area contributed by atoms with E-state index in [0.717, 1.165) is 37.9 Å². The number of aromatic nitrogens is 3. The van der Waals surface area contributed by atoms with Gasteiger partial charge in [0.05, 0.1) is 5.02 Å². The maximum atomic E-state index is 7.13. The molecule has 3 aromatic heterocycles. The van der Waals surface area contributed by atoms with E-state index in [1.807, 2.05) is 12.1 Å². The van der Waals surface area contributed by atoms with Crippen molar-refractivity contribution in [2.24, 2.45) is 0 Å². The van der Waals surface area contributed by atoms with Crippen LogP contribution in [0.5, 0.6) is 0 Å². The van der Waals surface area contributed by atoms with Crippen LogP contribution < -0.4 is 0 Å². The van der Waals surface area contributed by atoms with Gasteiger partial charge in [0.2, 0.25) is 0 Å². The Morgan fingerprint density at radius 1 is 0.367 bits per heavy atom. The van der Waals surface area contributed by atoms with Crippen LogP contribution in [-0.4, -0.2) is 15.0 Å². The minimum Gasteiger partial charge on any atom is -0.208 e. The topological polar surface area (TPSA) is 38.7 Å². The Morgan fingerprint density at radius 3 is 1.80 bits per heavy atom. The highest BCUT2D eigenvalue weighted by Gasteiger charge is 2.18. The summed E-state index contributed by atoms with van der Waals surface area (Å²) in [5, 5.41) is 7.85. The van der Waals surface area contributed by atoms with Crippen molar-refractivity contribution >= 4 is 85.4 Å². The third-order valence-electron chi connectivity index (χ3n) is 9.15. The maximum absolute atomic E-state index is 7.13. The molecular weight excluding hydrogens is 658 g/mol. The molecule has 3 heterocycles. The van der Waals surface area contributed by atoms with Gasteiger partial charge in [-0.2, -0.15) is 0 Å². The molecule has 0 saturated heterocycles. The highest BCUT2D eigenvalue weighted by molar-refractivity contribution is 7.26. The number of hydrogen-bond donors (Lipinski definition) is 0. The van der Waals surface area contributed by atoms with Crippen LogP contribution in [0.2, 0.25) is 5.02 Å². The van der Waals surface area contributed by atoms with E-state index >= 15 is 0 Å². The summed E-state index contributed by atoms with van der Waals surface area (Å²) in [4.78, 5) is 15.3. The first-order valence-corrected chi connectivity index (χ1v) is 18.0. The highest BCUT2D eigenvalue weighted by atomic mass is 35.5. The molecule has 6 heteroatoms. The van der Waals surface area contributed by atoms with Crippen molar-refractivity contribution in [2.75, 3.05) is 0 Å². The molecule has 0 bridgehead atoms. The molecule has 0 fully saturated rings. The fourth-order valence-electron chi connectivity index (χ4n) is 6.77. The van der Waals surface area contributed by atoms with Crippen LogP contribution in [0.4, 0.5) is 0 Å². The lowest BCUT2D eigenvalue weighted by Crippen LogP contribution is -2.00. The molecule has 0 saturated carbocycles. The summed E-state index contributed by atoms with van der Waals surface area (Å²) in [7, 11) is 0. The second kappa shape index (κ2) is 11.3. The van der Waals surface area contributed by atoms with E-state index < -0.39 is 0 Å². The number of benzene rings is 7. The summed E-state index contributed by atoms with van der Waals surface area (Å²) in [6.45, 7) is 0. The normalized spacial score (nSPS) is 11.8. The molecule has 230 valence electrons. The fourth-order valence-corrected chi connectivity index (χ4v) is 9.49. The van der Waals surface area contributed by atoms with Crippen molar-refractivity contribution in [2.45, 2.75) is 0 Å². The molecule has 0 aliphatic carbocycles. The Hall–Kier alpha value is -5.46. The van der Waals surface area contributed by atoms with Crippen LogP contribution in [0.1, 0.15) is 0 Å². The smallest absolute Gasteiger partial charge is 0.164 e. The van der Waals surface area contributed by atoms with Crippen molar-refractivity contribution in [1.29, 1.82) is 0 Å². The van der Waals surface area contributed by atoms with Gasteiger partial charge in [-0.05, 0) is 64.4 Å². The van der Waals surface area contributed by atoms with Crippen molar-refractivity contribution in [3.8, 4) is 45.3 Å². The molecule has 0 atom stereocenters. The van der Waals surface area contributed by atoms with Gasteiger partial charge in [-0.3, -0.25) is 0 Å². The Kier molecular flexibility index (Phi) is 6.59. The summed E-state index contributed by atoms with van der Waals surface area (Å²) in [6, 6.07) is 51.0. The lowest BCUT2D eigenvalue weighted by atomic mass is 10.0. The van der Waals surface area contributed by atoms with Crippen LogP contribution in [0.15, 0.2) is 146 Å². The van der Waals surface area contributed by atoms with E-state index in [0.29, 0.717) is 22.5 Å². The molecule has 3 nitrogen and oxygen atoms in total. The van der Waals surface area contributed by atoms with Crippen molar-refractivity contribution in [1.82, 2.24) is 15.0 Å². The predicted molar refractivity (Wildman–Crippen MR) is 210 cm³/mol. The molecule has 0 spiro atoms. The van der Waals surface area contributed by atoms with Crippen LogP contribution >= 0.6 is 34.3 Å². The quantitative estimate of drug-likeness (QED) is 0.186. The summed E-state index contributed by atoms with van der Waals surface area (Å²) >= 11 is 10.7. The predicted octanol–water partition coefficient (Wildman–Crippen LogP) is 13.1. The Labute approximate surface area is 294 Å². The summed E-state index contributed by atoms with van der Waals surface area (Å²) < 4.78 is 4.78. The van der Waals surface area contributed by atoms with Gasteiger partial charge in [-0.15, -0.1) is 22.7 Å². The summed E-state index contributed by atoms with van der Waals surface area (Å²) in [6.07, 6.45) is 0. The van der Waals surface area contributed by atoms with E-state index in [4.69, 9.17) is 26.6 Å². The zero-order chi connectivity index (χ0) is 32.5. The Bertz CT molecular complexity index is 2910. The van der Waals surface area contributed by atoms with E-state index in [9.17, 15) is 0 Å². The maximum Gasteiger partial charge on any atom is 0.164 e. The van der Waals surface area contributed by atoms with Crippen molar-refractivity contribution in [3.63, 3.8) is 0 Å². The number of thiophene rings is 2. The highest BCUT2D eigenvalue weighted by Crippen LogP contribution is 2.43. The minimum atomic E-state index is 0.591. The number of nitrogens with zero attached hydrogens (tertiary/aromatic N) is 3. The molecule has 10 aromatic rings. The molecule has 49 heavy (non-hydrogen) atoms. The van der Waals surface area contributed by atoms with E-state index in [2.05, 4.69) is 133 Å². The first kappa shape index (κ1) is 28.5. The molecule has 10 rings (SSSR count). The van der Waals surface area contributed by atoms with Crippen molar-refractivity contribution in [3.05, 3.63) is 151 Å². The number of halogens is 1. The lowest BCUT2D eigenvalue weighted by molar-refractivity contribution is 1.08.